The van der Waals surface area contributed by atoms with Gasteiger partial charge in [0.25, 0.3) is 0 Å². The van der Waals surface area contributed by atoms with E-state index in [0.29, 0.717) is 23.7 Å². The molecule has 1 aromatic rings. The molecule has 19 heavy (non-hydrogen) atoms. The van der Waals surface area contributed by atoms with Crippen molar-refractivity contribution < 1.29 is 8.42 Å². The van der Waals surface area contributed by atoms with Gasteiger partial charge in [-0.3, -0.25) is 0 Å². The van der Waals surface area contributed by atoms with Gasteiger partial charge in [-0.2, -0.15) is 0 Å². The molecule has 0 aromatic heterocycles. The first-order valence-corrected chi connectivity index (χ1v) is 9.21. The van der Waals surface area contributed by atoms with Crippen LogP contribution >= 0.6 is 23.2 Å². The third-order valence-electron chi connectivity index (χ3n) is 2.98. The molecule has 0 aliphatic heterocycles. The summed E-state index contributed by atoms with van der Waals surface area (Å²) in [7, 11) is -2.92. The Kier molecular flexibility index (Phi) is 7.19. The molecule has 1 unspecified atom stereocenters. The predicted octanol–water partition coefficient (Wildman–Crippen LogP) is 3.95. The SMILES string of the molecule is CCCS(=O)(=O)CCC(CCl)Cc1cccc(Cl)c1. The lowest BCUT2D eigenvalue weighted by Gasteiger charge is -2.14. The van der Waals surface area contributed by atoms with Crippen LogP contribution < -0.4 is 0 Å². The fraction of sp³-hybridized carbons (Fsp3) is 0.571. The maximum Gasteiger partial charge on any atom is 0.150 e. The summed E-state index contributed by atoms with van der Waals surface area (Å²) < 4.78 is 23.4. The van der Waals surface area contributed by atoms with Crippen LogP contribution in [0.3, 0.4) is 0 Å². The first-order valence-electron chi connectivity index (χ1n) is 6.47. The van der Waals surface area contributed by atoms with Gasteiger partial charge in [-0.1, -0.05) is 30.7 Å². The lowest BCUT2D eigenvalue weighted by atomic mass is 9.99. The zero-order valence-electron chi connectivity index (χ0n) is 11.1. The van der Waals surface area contributed by atoms with Crippen LogP contribution in [0.2, 0.25) is 5.02 Å². The number of alkyl halides is 1. The highest BCUT2D eigenvalue weighted by Crippen LogP contribution is 2.18. The van der Waals surface area contributed by atoms with Gasteiger partial charge < -0.3 is 0 Å². The second-order valence-corrected chi connectivity index (χ2v) is 7.84. The third-order valence-corrected chi connectivity index (χ3v) is 5.54. The number of sulfone groups is 1. The van der Waals surface area contributed by atoms with Crippen molar-refractivity contribution in [2.45, 2.75) is 26.2 Å². The average Bonchev–Trinajstić information content (AvgIpc) is 2.34. The van der Waals surface area contributed by atoms with Gasteiger partial charge in [0.1, 0.15) is 9.84 Å². The molecule has 1 aromatic carbocycles. The number of benzene rings is 1. The van der Waals surface area contributed by atoms with Gasteiger partial charge in [0.05, 0.1) is 5.75 Å². The molecule has 108 valence electrons. The number of hydrogen-bond acceptors (Lipinski definition) is 2. The first kappa shape index (κ1) is 16.8. The maximum absolute atomic E-state index is 11.7. The standard InChI is InChI=1S/C14H20Cl2O2S/c1-2-7-19(17,18)8-6-13(11-15)9-12-4-3-5-14(16)10-12/h3-5,10,13H,2,6-9,11H2,1H3. The van der Waals surface area contributed by atoms with Gasteiger partial charge in [-0.25, -0.2) is 8.42 Å². The average molecular weight is 323 g/mol. The summed E-state index contributed by atoms with van der Waals surface area (Å²) in [5, 5.41) is 0.699. The highest BCUT2D eigenvalue weighted by molar-refractivity contribution is 7.91. The Hall–Kier alpha value is -0.250. The van der Waals surface area contributed by atoms with E-state index in [1.165, 1.54) is 0 Å². The van der Waals surface area contributed by atoms with E-state index in [-0.39, 0.29) is 17.4 Å². The molecule has 2 nitrogen and oxygen atoms in total. The lowest BCUT2D eigenvalue weighted by molar-refractivity contribution is 0.547. The minimum atomic E-state index is -2.92. The summed E-state index contributed by atoms with van der Waals surface area (Å²) in [5.41, 5.74) is 1.10. The molecule has 5 heteroatoms. The van der Waals surface area contributed by atoms with Gasteiger partial charge in [-0.15, -0.1) is 11.6 Å². The fourth-order valence-corrected chi connectivity index (χ4v) is 3.99. The van der Waals surface area contributed by atoms with E-state index in [1.807, 2.05) is 31.2 Å². The Morgan fingerprint density at radius 3 is 2.58 bits per heavy atom. The summed E-state index contributed by atoms with van der Waals surface area (Å²) in [6.07, 6.45) is 2.05. The Morgan fingerprint density at radius 2 is 2.00 bits per heavy atom. The number of rotatable bonds is 8. The van der Waals surface area contributed by atoms with Crippen LogP contribution in [0.15, 0.2) is 24.3 Å². The van der Waals surface area contributed by atoms with Crippen molar-refractivity contribution in [1.82, 2.24) is 0 Å². The predicted molar refractivity (Wildman–Crippen MR) is 82.9 cm³/mol. The third kappa shape index (κ3) is 6.64. The van der Waals surface area contributed by atoms with E-state index in [9.17, 15) is 8.42 Å². The van der Waals surface area contributed by atoms with Crippen LogP contribution in [0.1, 0.15) is 25.3 Å². The van der Waals surface area contributed by atoms with E-state index in [4.69, 9.17) is 23.2 Å². The van der Waals surface area contributed by atoms with Crippen LogP contribution in [0, 0.1) is 5.92 Å². The van der Waals surface area contributed by atoms with Crippen molar-refractivity contribution in [3.8, 4) is 0 Å². The second-order valence-electron chi connectivity index (χ2n) is 4.79. The molecule has 0 N–H and O–H groups in total. The smallest absolute Gasteiger partial charge is 0.150 e. The molecule has 1 rings (SSSR count). The van der Waals surface area contributed by atoms with Crippen molar-refractivity contribution in [2.24, 2.45) is 5.92 Å². The van der Waals surface area contributed by atoms with Gasteiger partial charge in [0.15, 0.2) is 0 Å². The maximum atomic E-state index is 11.7. The van der Waals surface area contributed by atoms with Gasteiger partial charge in [-0.05, 0) is 42.9 Å². The summed E-state index contributed by atoms with van der Waals surface area (Å²) in [6.45, 7) is 1.88. The van der Waals surface area contributed by atoms with Crippen molar-refractivity contribution in [2.75, 3.05) is 17.4 Å². The zero-order chi connectivity index (χ0) is 14.3. The number of hydrogen-bond donors (Lipinski definition) is 0. The van der Waals surface area contributed by atoms with Gasteiger partial charge in [0, 0.05) is 16.7 Å². The van der Waals surface area contributed by atoms with E-state index in [1.54, 1.807) is 0 Å². The quantitative estimate of drug-likeness (QED) is 0.679. The van der Waals surface area contributed by atoms with Gasteiger partial charge >= 0.3 is 0 Å². The van der Waals surface area contributed by atoms with Crippen LogP contribution in [0.4, 0.5) is 0 Å². The first-order chi connectivity index (χ1) is 8.96. The molecule has 0 aliphatic rings. The van der Waals surface area contributed by atoms with E-state index >= 15 is 0 Å². The molecule has 0 heterocycles. The zero-order valence-corrected chi connectivity index (χ0v) is 13.4. The van der Waals surface area contributed by atoms with E-state index < -0.39 is 9.84 Å². The van der Waals surface area contributed by atoms with Crippen LogP contribution in [0.25, 0.3) is 0 Å². The second kappa shape index (κ2) is 8.13. The van der Waals surface area contributed by atoms with Crippen molar-refractivity contribution in [1.29, 1.82) is 0 Å². The summed E-state index contributed by atoms with van der Waals surface area (Å²) >= 11 is 11.9. The topological polar surface area (TPSA) is 34.1 Å². The largest absolute Gasteiger partial charge is 0.229 e. The van der Waals surface area contributed by atoms with Crippen molar-refractivity contribution >= 4 is 33.0 Å². The Bertz CT molecular complexity index is 486. The Balaban J connectivity index is 2.55. The van der Waals surface area contributed by atoms with Crippen LogP contribution in [-0.4, -0.2) is 25.8 Å². The number of halogens is 2. The minimum Gasteiger partial charge on any atom is -0.229 e. The summed E-state index contributed by atoms with van der Waals surface area (Å²) in [4.78, 5) is 0. The molecule has 0 radical (unpaired) electrons. The molecule has 1 atom stereocenters. The molecule has 0 aliphatic carbocycles. The molecular weight excluding hydrogens is 303 g/mol. The molecule has 0 saturated carbocycles. The Morgan fingerprint density at radius 1 is 1.26 bits per heavy atom. The van der Waals surface area contributed by atoms with Gasteiger partial charge in [0.2, 0.25) is 0 Å². The fourth-order valence-electron chi connectivity index (χ4n) is 1.99. The molecule has 0 fully saturated rings. The van der Waals surface area contributed by atoms with E-state index in [2.05, 4.69) is 0 Å². The highest BCUT2D eigenvalue weighted by Gasteiger charge is 2.15. The van der Waals surface area contributed by atoms with Crippen LogP contribution in [0.5, 0.6) is 0 Å². The molecule has 0 saturated heterocycles. The summed E-state index contributed by atoms with van der Waals surface area (Å²) in [6, 6.07) is 7.62. The molecule has 0 bridgehead atoms. The molecular formula is C14H20Cl2O2S. The van der Waals surface area contributed by atoms with Crippen LogP contribution in [-0.2, 0) is 16.3 Å². The molecule has 0 amide bonds. The monoisotopic (exact) mass is 322 g/mol. The lowest BCUT2D eigenvalue weighted by Crippen LogP contribution is -2.16. The Labute approximate surface area is 126 Å². The van der Waals surface area contributed by atoms with E-state index in [0.717, 1.165) is 12.0 Å². The highest BCUT2D eigenvalue weighted by atomic mass is 35.5. The minimum absolute atomic E-state index is 0.173. The summed E-state index contributed by atoms with van der Waals surface area (Å²) in [5.74, 6) is 1.12. The van der Waals surface area contributed by atoms with Crippen molar-refractivity contribution in [3.05, 3.63) is 34.9 Å². The van der Waals surface area contributed by atoms with Crippen molar-refractivity contribution in [3.63, 3.8) is 0 Å². The molecule has 0 spiro atoms. The normalized spacial score (nSPS) is 13.4.